The van der Waals surface area contributed by atoms with Crippen molar-refractivity contribution in [2.45, 2.75) is 6.92 Å². The fourth-order valence-electron chi connectivity index (χ4n) is 2.49. The maximum absolute atomic E-state index is 7.25. The average Bonchev–Trinajstić information content (AvgIpc) is 3.39. The summed E-state index contributed by atoms with van der Waals surface area (Å²) in [6.45, 7) is 6.50. The number of rotatable bonds is 3. The number of allylic oxidation sites excluding steroid dienone is 1. The van der Waals surface area contributed by atoms with E-state index in [1.165, 1.54) is 22.0 Å². The molecule has 0 heterocycles. The first-order valence-corrected chi connectivity index (χ1v) is 10.4. The number of benzene rings is 3. The van der Waals surface area contributed by atoms with Crippen molar-refractivity contribution >= 4 is 23.8 Å². The van der Waals surface area contributed by atoms with Gasteiger partial charge in [-0.25, -0.2) is 0 Å². The minimum absolute atomic E-state index is 0. The molecule has 0 saturated carbocycles. The summed E-state index contributed by atoms with van der Waals surface area (Å²) in [4.78, 5) is 0. The standard InChI is InChI=1S/C18H15P.C5H.C3H5.NO.Re/c1-4-10-16(11-5-1)19(17-12-6-2-7-13-17)18-14-8-3-9-15-18;1-2-4-5-3-1;1-3-2;1-2;/h1-15H;1H;1,3H,2H3;;/q;-5;-1;+1;/p+1. The van der Waals surface area contributed by atoms with Crippen molar-refractivity contribution in [1.82, 2.24) is 0 Å². The second-order valence-electron chi connectivity index (χ2n) is 5.49. The van der Waals surface area contributed by atoms with E-state index >= 15 is 0 Å². The zero-order valence-corrected chi connectivity index (χ0v) is 20.3. The molecular weight excluding hydrogens is 559 g/mol. The maximum atomic E-state index is 7.25. The molecule has 0 atom stereocenters. The van der Waals surface area contributed by atoms with Crippen LogP contribution in [0.25, 0.3) is 0 Å². The van der Waals surface area contributed by atoms with E-state index in [9.17, 15) is 0 Å². The van der Waals surface area contributed by atoms with Gasteiger partial charge in [-0.2, -0.15) is 0 Å². The monoisotopic (exact) mass is 582 g/mol. The van der Waals surface area contributed by atoms with E-state index in [2.05, 4.69) is 115 Å². The quantitative estimate of drug-likeness (QED) is 0.197. The Morgan fingerprint density at radius 3 is 1.20 bits per heavy atom. The summed E-state index contributed by atoms with van der Waals surface area (Å²) < 4.78 is 7.25. The Morgan fingerprint density at radius 2 is 1.00 bits per heavy atom. The minimum atomic E-state index is -0.877. The molecule has 0 aromatic heterocycles. The predicted octanol–water partition coefficient (Wildman–Crippen LogP) is 4.67. The average molecular weight is 582 g/mol. The van der Waals surface area contributed by atoms with Crippen LogP contribution in [-0.4, -0.2) is 0 Å². The molecule has 0 aliphatic carbocycles. The SMILES string of the molecule is N#[O+].[CH-]=CC.[Re].[c-]1[c-][c-][cH-][c-]1.c1ccc([PH+](c2ccccc2)c2ccccc2)cc1. The van der Waals surface area contributed by atoms with Gasteiger partial charge in [0.15, 0.2) is 0 Å². The normalized spacial score (nSPS) is 8.53. The molecule has 0 spiro atoms. The summed E-state index contributed by atoms with van der Waals surface area (Å²) in [6.07, 6.45) is 1.50. The van der Waals surface area contributed by atoms with Crippen molar-refractivity contribution in [3.8, 4) is 0 Å². The van der Waals surface area contributed by atoms with Gasteiger partial charge in [0.05, 0.1) is 7.92 Å². The molecule has 0 saturated heterocycles. The van der Waals surface area contributed by atoms with Crippen molar-refractivity contribution < 1.29 is 25.2 Å². The molecule has 0 amide bonds. The van der Waals surface area contributed by atoms with E-state index in [1.807, 2.05) is 0 Å². The largest absolute Gasteiger partial charge is 0.999 e. The predicted molar refractivity (Wildman–Crippen MR) is 121 cm³/mol. The molecule has 0 aliphatic rings. The summed E-state index contributed by atoms with van der Waals surface area (Å²) in [5, 5.41) is 4.31. The Morgan fingerprint density at radius 1 is 0.733 bits per heavy atom. The van der Waals surface area contributed by atoms with E-state index in [0.717, 1.165) is 0 Å². The Labute approximate surface area is 195 Å². The molecule has 2 nitrogen and oxygen atoms in total. The number of hydrogen-bond donors (Lipinski definition) is 0. The van der Waals surface area contributed by atoms with E-state index < -0.39 is 7.92 Å². The molecule has 4 aromatic carbocycles. The third-order valence-electron chi connectivity index (χ3n) is 3.54. The van der Waals surface area contributed by atoms with Gasteiger partial charge in [0.25, 0.3) is 0 Å². The Hall–Kier alpha value is -2.49. The second-order valence-corrected chi connectivity index (χ2v) is 7.97. The first-order valence-electron chi connectivity index (χ1n) is 8.90. The number of hydrogen-bond acceptors (Lipinski definition) is 1. The fourth-order valence-corrected chi connectivity index (χ4v) is 5.07. The third kappa shape index (κ3) is 10.3. The van der Waals surface area contributed by atoms with Crippen LogP contribution in [0.2, 0.25) is 0 Å². The van der Waals surface area contributed by atoms with Crippen molar-refractivity contribution in [1.29, 1.82) is 5.46 Å². The van der Waals surface area contributed by atoms with E-state index in [1.54, 1.807) is 13.0 Å². The third-order valence-corrected chi connectivity index (χ3v) is 6.27. The van der Waals surface area contributed by atoms with Crippen LogP contribution in [0.4, 0.5) is 0 Å². The molecule has 4 rings (SSSR count). The maximum Gasteiger partial charge on any atom is 0.102 e. The van der Waals surface area contributed by atoms with E-state index in [-0.39, 0.29) is 20.4 Å². The first-order chi connectivity index (χ1) is 14.4. The molecule has 30 heavy (non-hydrogen) atoms. The Balaban J connectivity index is 0.000000643. The minimum Gasteiger partial charge on any atom is -0.999 e. The smallest absolute Gasteiger partial charge is 0.102 e. The van der Waals surface area contributed by atoms with Crippen molar-refractivity contribution in [3.63, 3.8) is 0 Å². The first kappa shape index (κ1) is 27.5. The summed E-state index contributed by atoms with van der Waals surface area (Å²) in [6, 6.07) is 44.5. The van der Waals surface area contributed by atoms with Gasteiger partial charge in [-0.05, 0) is 36.4 Å². The van der Waals surface area contributed by atoms with Crippen LogP contribution in [0.1, 0.15) is 6.92 Å². The topological polar surface area (TPSA) is 43.7 Å². The molecule has 0 fully saturated rings. The molecule has 0 aliphatic heterocycles. The van der Waals surface area contributed by atoms with Crippen LogP contribution in [0.3, 0.4) is 0 Å². The molecule has 0 N–H and O–H groups in total. The van der Waals surface area contributed by atoms with Gasteiger partial charge < -0.3 is 36.9 Å². The molecule has 4 heteroatoms. The molecule has 4 aromatic rings. The van der Waals surface area contributed by atoms with E-state index in [4.69, 9.17) is 16.8 Å². The molecular formula is C26H22NOPRe-4. The van der Waals surface area contributed by atoms with Crippen molar-refractivity contribution in [3.05, 3.63) is 134 Å². The zero-order valence-electron chi connectivity index (χ0n) is 16.6. The molecule has 1 radical (unpaired) electrons. The zero-order chi connectivity index (χ0) is 21.2. The van der Waals surface area contributed by atoms with Gasteiger partial charge in [-0.15, -0.1) is 0 Å². The van der Waals surface area contributed by atoms with Gasteiger partial charge in [0, 0.05) is 20.4 Å². The van der Waals surface area contributed by atoms with Gasteiger partial charge in [0.1, 0.15) is 15.9 Å². The summed E-state index contributed by atoms with van der Waals surface area (Å²) in [7, 11) is -0.877. The van der Waals surface area contributed by atoms with Crippen LogP contribution in [0.5, 0.6) is 0 Å². The number of nitrogens with zero attached hydrogens (tertiary/aromatic N) is 1. The van der Waals surface area contributed by atoms with Gasteiger partial charge in [-0.1, -0.05) is 61.5 Å². The van der Waals surface area contributed by atoms with Gasteiger partial charge in [0.2, 0.25) is 0 Å². The van der Waals surface area contributed by atoms with Crippen LogP contribution in [-0.2, 0) is 25.2 Å². The van der Waals surface area contributed by atoms with Gasteiger partial charge in [-0.3, -0.25) is 6.08 Å². The van der Waals surface area contributed by atoms with Crippen LogP contribution in [0.15, 0.2) is 103 Å². The van der Waals surface area contributed by atoms with Gasteiger partial charge >= 0.3 is 10.2 Å². The summed E-state index contributed by atoms with van der Waals surface area (Å²) in [5.41, 5.74) is 5.75. The summed E-state index contributed by atoms with van der Waals surface area (Å²) in [5.74, 6) is 0. The Bertz CT molecular complexity index is 784. The second kappa shape index (κ2) is 18.5. The van der Waals surface area contributed by atoms with Crippen LogP contribution < -0.4 is 15.9 Å². The Kier molecular flexibility index (Phi) is 17.0. The molecule has 0 unspecified atom stereocenters. The van der Waals surface area contributed by atoms with Crippen LogP contribution in [0, 0.1) is 36.3 Å². The molecule has 0 bridgehead atoms. The molecule has 153 valence electrons. The van der Waals surface area contributed by atoms with E-state index in [0.29, 0.717) is 0 Å². The fraction of sp³-hybridized carbons (Fsp3) is 0.0385. The summed E-state index contributed by atoms with van der Waals surface area (Å²) >= 11 is 0. The van der Waals surface area contributed by atoms with Crippen molar-refractivity contribution in [2.75, 3.05) is 0 Å². The van der Waals surface area contributed by atoms with Crippen LogP contribution >= 0.6 is 7.92 Å². The van der Waals surface area contributed by atoms with Crippen molar-refractivity contribution in [2.24, 2.45) is 0 Å².